The molecule has 5 nitrogen and oxygen atoms in total. The lowest BCUT2D eigenvalue weighted by Gasteiger charge is -2.07. The molecule has 1 aromatic heterocycles. The minimum atomic E-state index is -2.27. The smallest absolute Gasteiger partial charge is 0.282 e. The van der Waals surface area contributed by atoms with Gasteiger partial charge in [0, 0.05) is 17.4 Å². The molecule has 0 bridgehead atoms. The van der Waals surface area contributed by atoms with Gasteiger partial charge in [0.15, 0.2) is 11.6 Å². The molecule has 1 aliphatic carbocycles. The van der Waals surface area contributed by atoms with E-state index in [-0.39, 0.29) is 0 Å². The van der Waals surface area contributed by atoms with Crippen LogP contribution in [0.4, 0.5) is 8.78 Å². The molecular formula is C20H15F2N3O2. The molecule has 3 atom stereocenters. The second-order valence-corrected chi connectivity index (χ2v) is 6.43. The van der Waals surface area contributed by atoms with Crippen LogP contribution in [0.5, 0.6) is 0 Å². The van der Waals surface area contributed by atoms with E-state index in [1.54, 1.807) is 54.6 Å². The molecule has 0 aliphatic heterocycles. The topological polar surface area (TPSA) is 75.1 Å². The Morgan fingerprint density at radius 3 is 2.30 bits per heavy atom. The number of alkyl halides is 1. The number of hydrogen-bond donors (Lipinski definition) is 2. The summed E-state index contributed by atoms with van der Waals surface area (Å²) < 4.78 is 28.6. The standard InChI is InChI=1S/C20H15F2N3O2/c21-15-10-23-18(24-11-15)14-8-4-7-13(9-14)17-16(12-5-2-1-3-6-12)20(17,22)19(26)25-27/h1-11,16-17,27H,(H,25,26). The summed E-state index contributed by atoms with van der Waals surface area (Å²) in [6.45, 7) is 0. The fraction of sp³-hybridized carbons (Fsp3) is 0.150. The summed E-state index contributed by atoms with van der Waals surface area (Å²) in [6, 6.07) is 15.7. The molecule has 1 saturated carbocycles. The lowest BCUT2D eigenvalue weighted by Crippen LogP contribution is -2.33. The Bertz CT molecular complexity index is 982. The first kappa shape index (κ1) is 17.2. The summed E-state index contributed by atoms with van der Waals surface area (Å²) in [4.78, 5) is 19.9. The van der Waals surface area contributed by atoms with E-state index in [1.807, 2.05) is 0 Å². The number of carbonyl (C=O) groups excluding carboxylic acids is 1. The first-order chi connectivity index (χ1) is 13.1. The van der Waals surface area contributed by atoms with E-state index in [0.29, 0.717) is 22.5 Å². The van der Waals surface area contributed by atoms with Crippen molar-refractivity contribution in [2.45, 2.75) is 17.5 Å². The number of rotatable bonds is 4. The number of benzene rings is 2. The Labute approximate surface area is 153 Å². The van der Waals surface area contributed by atoms with Crippen molar-refractivity contribution in [2.24, 2.45) is 0 Å². The van der Waals surface area contributed by atoms with Crippen molar-refractivity contribution in [2.75, 3.05) is 0 Å². The van der Waals surface area contributed by atoms with Gasteiger partial charge in [0.25, 0.3) is 5.91 Å². The predicted octanol–water partition coefficient (Wildman–Crippen LogP) is 3.38. The molecule has 0 saturated heterocycles. The van der Waals surface area contributed by atoms with Crippen LogP contribution in [0.1, 0.15) is 23.0 Å². The molecule has 136 valence electrons. The molecule has 27 heavy (non-hydrogen) atoms. The molecule has 1 fully saturated rings. The molecule has 1 heterocycles. The molecule has 7 heteroatoms. The van der Waals surface area contributed by atoms with Crippen LogP contribution in [-0.4, -0.2) is 26.8 Å². The summed E-state index contributed by atoms with van der Waals surface area (Å²) in [5.74, 6) is -2.83. The van der Waals surface area contributed by atoms with E-state index in [4.69, 9.17) is 5.21 Å². The van der Waals surface area contributed by atoms with Crippen molar-refractivity contribution >= 4 is 5.91 Å². The maximum Gasteiger partial charge on any atom is 0.282 e. The molecule has 4 rings (SSSR count). The van der Waals surface area contributed by atoms with Crippen LogP contribution in [0.3, 0.4) is 0 Å². The van der Waals surface area contributed by atoms with Crippen molar-refractivity contribution in [1.29, 1.82) is 0 Å². The summed E-state index contributed by atoms with van der Waals surface area (Å²) in [7, 11) is 0. The van der Waals surface area contributed by atoms with Gasteiger partial charge in [-0.2, -0.15) is 0 Å². The Morgan fingerprint density at radius 1 is 1.00 bits per heavy atom. The largest absolute Gasteiger partial charge is 0.289 e. The lowest BCUT2D eigenvalue weighted by atomic mass is 10.0. The van der Waals surface area contributed by atoms with Gasteiger partial charge in [-0.15, -0.1) is 0 Å². The van der Waals surface area contributed by atoms with Gasteiger partial charge in [0.1, 0.15) is 0 Å². The van der Waals surface area contributed by atoms with Gasteiger partial charge in [-0.05, 0) is 17.2 Å². The van der Waals surface area contributed by atoms with E-state index in [9.17, 15) is 9.18 Å². The minimum absolute atomic E-state index is 0.297. The Morgan fingerprint density at radius 2 is 1.63 bits per heavy atom. The van der Waals surface area contributed by atoms with Gasteiger partial charge in [0.2, 0.25) is 5.67 Å². The third-order valence-corrected chi connectivity index (χ3v) is 4.86. The average molecular weight is 367 g/mol. The number of halogens is 2. The molecule has 0 radical (unpaired) electrons. The van der Waals surface area contributed by atoms with Crippen molar-refractivity contribution in [3.05, 3.63) is 83.9 Å². The monoisotopic (exact) mass is 367 g/mol. The fourth-order valence-corrected chi connectivity index (χ4v) is 3.59. The zero-order chi connectivity index (χ0) is 19.0. The Kier molecular flexibility index (Phi) is 4.16. The van der Waals surface area contributed by atoms with Crippen LogP contribution in [0.2, 0.25) is 0 Å². The highest BCUT2D eigenvalue weighted by Gasteiger charge is 2.72. The number of aromatic nitrogens is 2. The van der Waals surface area contributed by atoms with Crippen LogP contribution in [0, 0.1) is 5.82 Å². The SMILES string of the molecule is O=C(NO)C1(F)C(c2ccccc2)C1c1cccc(-c2ncc(F)cn2)c1. The number of amides is 1. The number of nitrogens with one attached hydrogen (secondary N) is 1. The Hall–Kier alpha value is -3.19. The van der Waals surface area contributed by atoms with Gasteiger partial charge < -0.3 is 0 Å². The molecule has 2 N–H and O–H groups in total. The van der Waals surface area contributed by atoms with E-state index < -0.39 is 29.2 Å². The predicted molar refractivity (Wildman–Crippen MR) is 93.1 cm³/mol. The van der Waals surface area contributed by atoms with E-state index >= 15 is 4.39 Å². The van der Waals surface area contributed by atoms with Crippen LogP contribution >= 0.6 is 0 Å². The van der Waals surface area contributed by atoms with Crippen LogP contribution in [0.15, 0.2) is 67.0 Å². The summed E-state index contributed by atoms with van der Waals surface area (Å²) in [5.41, 5.74) is 0.989. The Balaban J connectivity index is 1.74. The summed E-state index contributed by atoms with van der Waals surface area (Å²) in [6.07, 6.45) is 2.11. The second kappa shape index (κ2) is 6.51. The zero-order valence-electron chi connectivity index (χ0n) is 14.0. The van der Waals surface area contributed by atoms with Gasteiger partial charge in [0.05, 0.1) is 12.4 Å². The second-order valence-electron chi connectivity index (χ2n) is 6.43. The normalized spacial score (nSPS) is 23.7. The van der Waals surface area contributed by atoms with Gasteiger partial charge in [-0.3, -0.25) is 10.0 Å². The number of nitrogens with zero attached hydrogens (tertiary/aromatic N) is 2. The highest BCUT2D eigenvalue weighted by atomic mass is 19.1. The minimum Gasteiger partial charge on any atom is -0.289 e. The first-order valence-electron chi connectivity index (χ1n) is 8.32. The number of carbonyl (C=O) groups is 1. The van der Waals surface area contributed by atoms with Crippen molar-refractivity contribution < 1.29 is 18.8 Å². The fourth-order valence-electron chi connectivity index (χ4n) is 3.59. The van der Waals surface area contributed by atoms with Crippen LogP contribution < -0.4 is 5.48 Å². The van der Waals surface area contributed by atoms with Gasteiger partial charge in [-0.1, -0.05) is 48.5 Å². The third kappa shape index (κ3) is 2.86. The number of hydrogen-bond acceptors (Lipinski definition) is 4. The van der Waals surface area contributed by atoms with Crippen molar-refractivity contribution in [1.82, 2.24) is 15.4 Å². The quantitative estimate of drug-likeness (QED) is 0.548. The van der Waals surface area contributed by atoms with Crippen molar-refractivity contribution in [3.8, 4) is 11.4 Å². The first-order valence-corrected chi connectivity index (χ1v) is 8.32. The van der Waals surface area contributed by atoms with Crippen LogP contribution in [0.25, 0.3) is 11.4 Å². The lowest BCUT2D eigenvalue weighted by molar-refractivity contribution is -0.136. The van der Waals surface area contributed by atoms with Gasteiger partial charge >= 0.3 is 0 Å². The maximum absolute atomic E-state index is 15.5. The van der Waals surface area contributed by atoms with Crippen LogP contribution in [-0.2, 0) is 4.79 Å². The highest BCUT2D eigenvalue weighted by Crippen LogP contribution is 2.66. The average Bonchev–Trinajstić information content (AvgIpc) is 3.35. The van der Waals surface area contributed by atoms with Crippen molar-refractivity contribution in [3.63, 3.8) is 0 Å². The molecule has 1 amide bonds. The highest BCUT2D eigenvalue weighted by molar-refractivity contribution is 5.92. The van der Waals surface area contributed by atoms with E-state index in [1.165, 1.54) is 5.48 Å². The third-order valence-electron chi connectivity index (χ3n) is 4.86. The number of hydroxylamine groups is 1. The molecule has 0 spiro atoms. The maximum atomic E-state index is 15.5. The summed E-state index contributed by atoms with van der Waals surface area (Å²) >= 11 is 0. The molecular weight excluding hydrogens is 352 g/mol. The summed E-state index contributed by atoms with van der Waals surface area (Å²) in [5, 5.41) is 9.00. The zero-order valence-corrected chi connectivity index (χ0v) is 14.0. The molecule has 3 unspecified atom stereocenters. The van der Waals surface area contributed by atoms with E-state index in [2.05, 4.69) is 9.97 Å². The molecule has 1 aliphatic rings. The van der Waals surface area contributed by atoms with Gasteiger partial charge in [-0.25, -0.2) is 24.2 Å². The van der Waals surface area contributed by atoms with E-state index in [0.717, 1.165) is 12.4 Å². The molecule has 2 aromatic carbocycles. The molecule has 3 aromatic rings.